The first-order chi connectivity index (χ1) is 17.0. The average molecular weight is 665 g/mol. The van der Waals surface area contributed by atoms with Crippen LogP contribution in [0.3, 0.4) is 0 Å². The van der Waals surface area contributed by atoms with Gasteiger partial charge >= 0.3 is 0 Å². The Morgan fingerprint density at radius 1 is 1.11 bits per heavy atom. The number of rotatable bonds is 4. The van der Waals surface area contributed by atoms with Crippen LogP contribution in [0.5, 0.6) is 11.5 Å². The number of carbonyl (C=O) groups is 4. The van der Waals surface area contributed by atoms with Crippen molar-refractivity contribution in [3.63, 3.8) is 0 Å². The molecule has 2 aliphatic carbocycles. The number of imide groups is 2. The van der Waals surface area contributed by atoms with Crippen LogP contribution in [0.25, 0.3) is 0 Å². The predicted octanol–water partition coefficient (Wildman–Crippen LogP) is 3.89. The number of amides is 4. The maximum absolute atomic E-state index is 13.7. The van der Waals surface area contributed by atoms with Crippen LogP contribution in [-0.2, 0) is 19.2 Å². The van der Waals surface area contributed by atoms with Gasteiger partial charge in [-0.2, -0.15) is 0 Å². The first kappa shape index (κ1) is 26.0. The Morgan fingerprint density at radius 2 is 1.81 bits per heavy atom. The number of carbonyl (C=O) groups excluding carboxylic acids is 4. The van der Waals surface area contributed by atoms with Gasteiger partial charge in [-0.15, -0.1) is 23.2 Å². The molecule has 2 aliphatic heterocycles. The fourth-order valence-electron chi connectivity index (χ4n) is 6.45. The van der Waals surface area contributed by atoms with E-state index in [2.05, 4.69) is 31.9 Å². The maximum atomic E-state index is 13.7. The summed E-state index contributed by atoms with van der Waals surface area (Å²) in [4.78, 5) is 52.0. The Hall–Kier alpha value is -1.62. The van der Waals surface area contributed by atoms with E-state index in [-0.39, 0.29) is 53.7 Å². The minimum Gasteiger partial charge on any atom is -0.504 e. The van der Waals surface area contributed by atoms with Crippen molar-refractivity contribution in [1.82, 2.24) is 9.80 Å². The van der Waals surface area contributed by atoms with E-state index >= 15 is 0 Å². The molecule has 4 amide bonds. The quantitative estimate of drug-likeness (QED) is 0.227. The first-order valence-electron chi connectivity index (χ1n) is 11.4. The summed E-state index contributed by atoms with van der Waals surface area (Å²) >= 11 is 20.9. The maximum Gasteiger partial charge on any atom is 0.254 e. The molecule has 8 nitrogen and oxygen atoms in total. The summed E-state index contributed by atoms with van der Waals surface area (Å²) in [5.74, 6) is -5.11. The molecule has 0 bridgehead atoms. The number of fused-ring (bicyclic) bond motifs is 4. The van der Waals surface area contributed by atoms with Crippen molar-refractivity contribution in [1.29, 1.82) is 0 Å². The number of ether oxygens (including phenoxy) is 1. The molecule has 0 unspecified atom stereocenters. The number of methoxy groups -OCH3 is 1. The van der Waals surface area contributed by atoms with Gasteiger partial charge in [-0.25, -0.2) is 0 Å². The normalized spacial score (nSPS) is 35.6. The topological polar surface area (TPSA) is 104 Å². The lowest BCUT2D eigenvalue weighted by molar-refractivity contribution is -0.141. The Morgan fingerprint density at radius 3 is 2.42 bits per heavy atom. The van der Waals surface area contributed by atoms with Gasteiger partial charge < -0.3 is 9.84 Å². The summed E-state index contributed by atoms with van der Waals surface area (Å²) in [6.45, 7) is 1.97. The molecule has 2 heterocycles. The molecule has 6 atom stereocenters. The predicted molar refractivity (Wildman–Crippen MR) is 138 cm³/mol. The van der Waals surface area contributed by atoms with Gasteiger partial charge in [0.2, 0.25) is 11.8 Å². The summed E-state index contributed by atoms with van der Waals surface area (Å²) in [7, 11) is 1.39. The smallest absolute Gasteiger partial charge is 0.254 e. The van der Waals surface area contributed by atoms with Crippen molar-refractivity contribution >= 4 is 78.7 Å². The number of benzene rings is 1. The highest BCUT2D eigenvalue weighted by Crippen LogP contribution is 2.66. The molecule has 1 aromatic rings. The minimum absolute atomic E-state index is 0.0991. The molecule has 0 aromatic heterocycles. The van der Waals surface area contributed by atoms with E-state index in [0.717, 1.165) is 4.90 Å². The average Bonchev–Trinajstić information content (AvgIpc) is 3.18. The molecule has 0 spiro atoms. The van der Waals surface area contributed by atoms with E-state index in [1.165, 1.54) is 12.0 Å². The molecular formula is C24H22Br2Cl2N2O6. The molecule has 5 rings (SSSR count). The summed E-state index contributed by atoms with van der Waals surface area (Å²) in [6, 6.07) is 3.16. The Bertz CT molecular complexity index is 1260. The monoisotopic (exact) mass is 662 g/mol. The largest absolute Gasteiger partial charge is 0.504 e. The number of nitrogens with zero attached hydrogens (tertiary/aromatic N) is 2. The molecule has 1 saturated carbocycles. The number of halogens is 4. The van der Waals surface area contributed by atoms with Gasteiger partial charge in [0, 0.05) is 22.5 Å². The fourth-order valence-corrected chi connectivity index (χ4v) is 8.32. The van der Waals surface area contributed by atoms with Crippen LogP contribution < -0.4 is 4.74 Å². The number of aromatic hydroxyl groups is 1. The van der Waals surface area contributed by atoms with Crippen LogP contribution in [-0.4, -0.2) is 67.4 Å². The Labute approximate surface area is 234 Å². The molecule has 12 heteroatoms. The van der Waals surface area contributed by atoms with E-state index in [0.29, 0.717) is 10.0 Å². The highest BCUT2D eigenvalue weighted by molar-refractivity contribution is 9.10. The van der Waals surface area contributed by atoms with Crippen LogP contribution >= 0.6 is 55.1 Å². The summed E-state index contributed by atoms with van der Waals surface area (Å²) in [6.07, 6.45) is 1.99. The third kappa shape index (κ3) is 3.10. The van der Waals surface area contributed by atoms with Crippen molar-refractivity contribution in [2.75, 3.05) is 19.1 Å². The van der Waals surface area contributed by atoms with Crippen molar-refractivity contribution in [3.8, 4) is 11.5 Å². The summed E-state index contributed by atoms with van der Waals surface area (Å²) in [5.41, 5.74) is 0.720. The zero-order chi connectivity index (χ0) is 26.3. The molecule has 192 valence electrons. The number of likely N-dealkylation sites (tertiary alicyclic amines) is 2. The van der Waals surface area contributed by atoms with E-state index in [1.807, 2.05) is 6.08 Å². The van der Waals surface area contributed by atoms with Gasteiger partial charge in [0.25, 0.3) is 11.8 Å². The van der Waals surface area contributed by atoms with Gasteiger partial charge in [-0.05, 0) is 37.8 Å². The third-order valence-corrected chi connectivity index (χ3v) is 10.4. The third-order valence-electron chi connectivity index (χ3n) is 8.02. The molecule has 2 saturated heterocycles. The highest BCUT2D eigenvalue weighted by atomic mass is 79.9. The number of phenolic OH excluding ortho intramolecular Hbond substituents is 1. The zero-order valence-electron chi connectivity index (χ0n) is 19.3. The van der Waals surface area contributed by atoms with E-state index < -0.39 is 45.2 Å². The lowest BCUT2D eigenvalue weighted by Gasteiger charge is -2.50. The van der Waals surface area contributed by atoms with Crippen molar-refractivity contribution in [2.45, 2.75) is 35.4 Å². The second-order valence-electron chi connectivity index (χ2n) is 9.45. The lowest BCUT2D eigenvalue weighted by atomic mass is 9.56. The number of alkyl halides is 3. The fraction of sp³-hybridized carbons (Fsp3) is 0.500. The van der Waals surface area contributed by atoms with Crippen molar-refractivity contribution in [2.24, 2.45) is 17.8 Å². The number of allylic oxidation sites excluding steroid dienone is 2. The number of hydrogen-bond acceptors (Lipinski definition) is 6. The van der Waals surface area contributed by atoms with Crippen molar-refractivity contribution in [3.05, 3.63) is 33.8 Å². The molecule has 4 aliphatic rings. The highest BCUT2D eigenvalue weighted by Gasteiger charge is 2.76. The minimum atomic E-state index is -1.99. The van der Waals surface area contributed by atoms with Gasteiger partial charge in [0.05, 0.1) is 24.4 Å². The van der Waals surface area contributed by atoms with E-state index in [4.69, 9.17) is 27.9 Å². The molecule has 3 fully saturated rings. The van der Waals surface area contributed by atoms with Gasteiger partial charge in [-0.1, -0.05) is 43.5 Å². The standard InChI is InChI=1S/C24H22Br2Cl2N2O6/c1-3-29-19(32)12-5-4-11-14(16(12)20(29)33)8-23(27)21(34)30(9-25)22(35)24(23,28)17(11)13-6-10(26)7-15(36-2)18(13)31/h4,6-7,12,14,16-17,31H,3,5,8-9H2,1-2H3/t12-,14+,16-,17+,23+,24-/m0/s1. The number of hydrogen-bond donors (Lipinski definition) is 1. The van der Waals surface area contributed by atoms with Gasteiger partial charge in [0.15, 0.2) is 21.2 Å². The Balaban J connectivity index is 1.79. The van der Waals surface area contributed by atoms with Crippen LogP contribution in [0.1, 0.15) is 31.2 Å². The van der Waals surface area contributed by atoms with Crippen LogP contribution in [0.15, 0.2) is 28.3 Å². The van der Waals surface area contributed by atoms with Gasteiger partial charge in [-0.3, -0.25) is 29.0 Å². The number of phenols is 1. The van der Waals surface area contributed by atoms with Crippen LogP contribution in [0.2, 0.25) is 0 Å². The van der Waals surface area contributed by atoms with Crippen LogP contribution in [0, 0.1) is 17.8 Å². The van der Waals surface area contributed by atoms with Gasteiger partial charge in [0.1, 0.15) is 0 Å². The zero-order valence-corrected chi connectivity index (χ0v) is 23.9. The summed E-state index contributed by atoms with van der Waals surface area (Å²) < 4.78 is 5.88. The van der Waals surface area contributed by atoms with Crippen molar-refractivity contribution < 1.29 is 29.0 Å². The van der Waals surface area contributed by atoms with E-state index in [1.54, 1.807) is 19.1 Å². The first-order valence-corrected chi connectivity index (χ1v) is 14.1. The van der Waals surface area contributed by atoms with E-state index in [9.17, 15) is 24.3 Å². The second-order valence-corrected chi connectivity index (χ2v) is 12.1. The molecule has 1 N–H and O–H groups in total. The Kier molecular flexibility index (Phi) is 6.29. The lowest BCUT2D eigenvalue weighted by Crippen LogP contribution is -2.60. The molecule has 0 radical (unpaired) electrons. The second kappa shape index (κ2) is 8.71. The molecule has 1 aromatic carbocycles. The summed E-state index contributed by atoms with van der Waals surface area (Å²) in [5, 5.41) is 11.2. The molecular weight excluding hydrogens is 643 g/mol. The SMILES string of the molecule is CCN1C(=O)[C@H]2[C@H](CC=C3[C@H]2C[C@@]2(Cl)C(=O)N(CBr)C(=O)[C@@]2(Cl)[C@H]3c2cc(Br)cc(OC)c2O)C1=O. The van der Waals surface area contributed by atoms with Crippen LogP contribution in [0.4, 0.5) is 0 Å². The molecule has 36 heavy (non-hydrogen) atoms.